The lowest BCUT2D eigenvalue weighted by atomic mass is 10.1. The molecule has 7 nitrogen and oxygen atoms in total. The van der Waals surface area contributed by atoms with Crippen LogP contribution in [0.25, 0.3) is 0 Å². The van der Waals surface area contributed by atoms with Crippen molar-refractivity contribution in [1.82, 2.24) is 0 Å². The van der Waals surface area contributed by atoms with Crippen molar-refractivity contribution in [2.24, 2.45) is 5.10 Å². The normalized spacial score (nSPS) is 17.1. The van der Waals surface area contributed by atoms with Crippen molar-refractivity contribution in [3.05, 3.63) is 23.2 Å². The Kier molecular flexibility index (Phi) is 4.87. The molecule has 0 saturated carbocycles. The highest BCUT2D eigenvalue weighted by atomic mass is 35.5. The number of benzene rings is 1. The molecule has 1 aliphatic heterocycles. The first-order valence-corrected chi connectivity index (χ1v) is 6.96. The predicted octanol–water partition coefficient (Wildman–Crippen LogP) is 1.93. The van der Waals surface area contributed by atoms with Gasteiger partial charge in [0, 0.05) is 6.42 Å². The monoisotopic (exact) mass is 326 g/mol. The zero-order valence-corrected chi connectivity index (χ0v) is 12.8. The number of ether oxygens (including phenoxy) is 2. The molecular weight excluding hydrogens is 312 g/mol. The molecule has 1 heterocycles. The first kappa shape index (κ1) is 16.1. The van der Waals surface area contributed by atoms with Crippen LogP contribution in [0, 0.1) is 0 Å². The third kappa shape index (κ3) is 3.14. The largest absolute Gasteiger partial charge is 0.495 e. The van der Waals surface area contributed by atoms with Crippen LogP contribution in [0.1, 0.15) is 13.3 Å². The standard InChI is InChI=1S/C14H15ClN2O5/c1-3-22-14(20)10-7-11(13(18)19)17(16-10)8-4-5-12(21-2)9(15)6-8/h4-6,11H,3,7H2,1-2H3,(H,18,19)/t11-/m0/s1. The van der Waals surface area contributed by atoms with Gasteiger partial charge in [-0.25, -0.2) is 9.59 Å². The molecule has 1 aromatic rings. The fourth-order valence-electron chi connectivity index (χ4n) is 2.08. The molecule has 0 radical (unpaired) electrons. The maximum Gasteiger partial charge on any atom is 0.354 e. The number of halogens is 1. The van der Waals surface area contributed by atoms with Crippen LogP contribution in [0.4, 0.5) is 5.69 Å². The Labute approximate surface area is 132 Å². The second kappa shape index (κ2) is 6.65. The molecule has 22 heavy (non-hydrogen) atoms. The lowest BCUT2D eigenvalue weighted by Gasteiger charge is -2.20. The molecule has 0 aromatic heterocycles. The maximum absolute atomic E-state index is 11.7. The fraction of sp³-hybridized carbons (Fsp3) is 0.357. The van der Waals surface area contributed by atoms with Crippen molar-refractivity contribution < 1.29 is 24.2 Å². The summed E-state index contributed by atoms with van der Waals surface area (Å²) in [7, 11) is 1.48. The molecule has 1 aliphatic rings. The molecule has 0 spiro atoms. The van der Waals surface area contributed by atoms with E-state index >= 15 is 0 Å². The van der Waals surface area contributed by atoms with Gasteiger partial charge in [-0.1, -0.05) is 11.6 Å². The number of anilines is 1. The van der Waals surface area contributed by atoms with Crippen molar-refractivity contribution in [3.8, 4) is 5.75 Å². The van der Waals surface area contributed by atoms with E-state index in [4.69, 9.17) is 21.1 Å². The molecule has 1 atom stereocenters. The number of hydrogen-bond donors (Lipinski definition) is 1. The zero-order chi connectivity index (χ0) is 16.3. The molecule has 0 aliphatic carbocycles. The third-order valence-electron chi connectivity index (χ3n) is 3.11. The summed E-state index contributed by atoms with van der Waals surface area (Å²) in [5.41, 5.74) is 0.527. The van der Waals surface area contributed by atoms with Crippen molar-refractivity contribution in [1.29, 1.82) is 0 Å². The molecule has 118 valence electrons. The molecule has 0 bridgehead atoms. The molecular formula is C14H15ClN2O5. The van der Waals surface area contributed by atoms with Gasteiger partial charge in [-0.05, 0) is 25.1 Å². The van der Waals surface area contributed by atoms with E-state index in [-0.39, 0.29) is 18.7 Å². The Morgan fingerprint density at radius 1 is 1.50 bits per heavy atom. The highest BCUT2D eigenvalue weighted by Crippen LogP contribution is 2.32. The summed E-state index contributed by atoms with van der Waals surface area (Å²) in [4.78, 5) is 23.1. The zero-order valence-electron chi connectivity index (χ0n) is 12.1. The highest BCUT2D eigenvalue weighted by Gasteiger charge is 2.37. The smallest absolute Gasteiger partial charge is 0.354 e. The highest BCUT2D eigenvalue weighted by molar-refractivity contribution is 6.38. The van der Waals surface area contributed by atoms with Gasteiger partial charge in [0.2, 0.25) is 0 Å². The lowest BCUT2D eigenvalue weighted by molar-refractivity contribution is -0.138. The van der Waals surface area contributed by atoms with Gasteiger partial charge < -0.3 is 14.6 Å². The van der Waals surface area contributed by atoms with Crippen LogP contribution in [-0.2, 0) is 14.3 Å². The maximum atomic E-state index is 11.7. The minimum atomic E-state index is -1.09. The van der Waals surface area contributed by atoms with Gasteiger partial charge in [-0.3, -0.25) is 5.01 Å². The number of nitrogens with zero attached hydrogens (tertiary/aromatic N) is 2. The van der Waals surface area contributed by atoms with E-state index in [9.17, 15) is 14.7 Å². The molecule has 2 rings (SSSR count). The number of carboxylic acid groups (broad SMARTS) is 1. The Morgan fingerprint density at radius 2 is 2.23 bits per heavy atom. The first-order chi connectivity index (χ1) is 10.5. The van der Waals surface area contributed by atoms with Crippen LogP contribution in [0.2, 0.25) is 5.02 Å². The summed E-state index contributed by atoms with van der Waals surface area (Å²) in [6.45, 7) is 1.87. The Hall–Kier alpha value is -2.28. The molecule has 0 fully saturated rings. The number of carbonyl (C=O) groups excluding carboxylic acids is 1. The molecule has 8 heteroatoms. The number of rotatable bonds is 5. The van der Waals surface area contributed by atoms with E-state index < -0.39 is 18.0 Å². The van der Waals surface area contributed by atoms with E-state index in [2.05, 4.69) is 5.10 Å². The van der Waals surface area contributed by atoms with E-state index in [1.54, 1.807) is 19.1 Å². The Bertz CT molecular complexity index is 632. The quantitative estimate of drug-likeness (QED) is 0.832. The number of methoxy groups -OCH3 is 1. The average Bonchev–Trinajstić information content (AvgIpc) is 2.93. The van der Waals surface area contributed by atoms with Gasteiger partial charge >= 0.3 is 11.9 Å². The average molecular weight is 327 g/mol. The predicted molar refractivity (Wildman–Crippen MR) is 80.6 cm³/mol. The van der Waals surface area contributed by atoms with Crippen molar-refractivity contribution in [3.63, 3.8) is 0 Å². The number of hydrazone groups is 1. The van der Waals surface area contributed by atoms with Crippen molar-refractivity contribution in [2.45, 2.75) is 19.4 Å². The van der Waals surface area contributed by atoms with Crippen molar-refractivity contribution in [2.75, 3.05) is 18.7 Å². The molecule has 0 saturated heterocycles. The van der Waals surface area contributed by atoms with Crippen LogP contribution in [0.15, 0.2) is 23.3 Å². The summed E-state index contributed by atoms with van der Waals surface area (Å²) in [5.74, 6) is -1.24. The van der Waals surface area contributed by atoms with Gasteiger partial charge in [-0.2, -0.15) is 5.10 Å². The van der Waals surface area contributed by atoms with Crippen LogP contribution in [-0.4, -0.2) is 42.5 Å². The number of carboxylic acids is 1. The van der Waals surface area contributed by atoms with E-state index in [0.29, 0.717) is 16.5 Å². The summed E-state index contributed by atoms with van der Waals surface area (Å²) in [6.07, 6.45) is -0.0299. The molecule has 0 unspecified atom stereocenters. The van der Waals surface area contributed by atoms with Crippen LogP contribution in [0.5, 0.6) is 5.75 Å². The first-order valence-electron chi connectivity index (χ1n) is 6.58. The number of hydrogen-bond acceptors (Lipinski definition) is 6. The van der Waals surface area contributed by atoms with Crippen LogP contribution >= 0.6 is 11.6 Å². The Morgan fingerprint density at radius 3 is 2.77 bits per heavy atom. The molecule has 1 aromatic carbocycles. The minimum absolute atomic E-state index is 0.0299. The van der Waals surface area contributed by atoms with E-state index in [1.165, 1.54) is 18.2 Å². The summed E-state index contributed by atoms with van der Waals surface area (Å²) in [6, 6.07) is 3.78. The second-order valence-electron chi connectivity index (χ2n) is 4.49. The lowest BCUT2D eigenvalue weighted by Crippen LogP contribution is -2.34. The summed E-state index contributed by atoms with van der Waals surface area (Å²) < 4.78 is 9.91. The fourth-order valence-corrected chi connectivity index (χ4v) is 2.33. The molecule has 0 amide bonds. The van der Waals surface area contributed by atoms with Gasteiger partial charge in [0.15, 0.2) is 6.04 Å². The number of esters is 1. The van der Waals surface area contributed by atoms with Crippen LogP contribution < -0.4 is 9.75 Å². The summed E-state index contributed by atoms with van der Waals surface area (Å²) >= 11 is 6.04. The topological polar surface area (TPSA) is 88.4 Å². The molecule has 1 N–H and O–H groups in total. The van der Waals surface area contributed by atoms with E-state index in [0.717, 1.165) is 0 Å². The van der Waals surface area contributed by atoms with Crippen molar-refractivity contribution >= 4 is 34.9 Å². The van der Waals surface area contributed by atoms with Gasteiger partial charge in [0.25, 0.3) is 0 Å². The minimum Gasteiger partial charge on any atom is -0.495 e. The SMILES string of the molecule is CCOC(=O)C1=NN(c2ccc(OC)c(Cl)c2)[C@H](C(=O)O)C1. The summed E-state index contributed by atoms with van der Waals surface area (Å²) in [5, 5.41) is 15.0. The Balaban J connectivity index is 2.34. The number of aliphatic carboxylic acids is 1. The van der Waals surface area contributed by atoms with E-state index in [1.807, 2.05) is 0 Å². The van der Waals surface area contributed by atoms with Gasteiger partial charge in [0.05, 0.1) is 24.4 Å². The third-order valence-corrected chi connectivity index (χ3v) is 3.40. The van der Waals surface area contributed by atoms with Gasteiger partial charge in [-0.15, -0.1) is 0 Å². The van der Waals surface area contributed by atoms with Gasteiger partial charge in [0.1, 0.15) is 11.5 Å². The second-order valence-corrected chi connectivity index (χ2v) is 4.90. The van der Waals surface area contributed by atoms with Crippen LogP contribution in [0.3, 0.4) is 0 Å². The number of carbonyl (C=O) groups is 2.